The molecule has 5 heteroatoms. The molecule has 6 aromatic carbocycles. The van der Waals surface area contributed by atoms with E-state index >= 15 is 0 Å². The Kier molecular flexibility index (Phi) is 5.96. The van der Waals surface area contributed by atoms with Crippen molar-refractivity contribution in [3.05, 3.63) is 146 Å². The Morgan fingerprint density at radius 3 is 1.91 bits per heavy atom. The zero-order valence-electron chi connectivity index (χ0n) is 24.1. The van der Waals surface area contributed by atoms with Crippen molar-refractivity contribution in [1.82, 2.24) is 19.9 Å². The van der Waals surface area contributed by atoms with Gasteiger partial charge in [-0.2, -0.15) is 0 Å². The summed E-state index contributed by atoms with van der Waals surface area (Å²) in [4.78, 5) is 20.9. The third-order valence-electron chi connectivity index (χ3n) is 8.41. The van der Waals surface area contributed by atoms with Gasteiger partial charge in [-0.05, 0) is 45.5 Å². The molecule has 0 saturated carbocycles. The Bertz CT molecular complexity index is 2540. The van der Waals surface area contributed by atoms with Gasteiger partial charge in [0.2, 0.25) is 0 Å². The fourth-order valence-electron chi connectivity index (χ4n) is 6.15. The van der Waals surface area contributed by atoms with E-state index in [0.29, 0.717) is 17.5 Å². The molecule has 0 amide bonds. The largest absolute Gasteiger partial charge is 0.245 e. The van der Waals surface area contributed by atoms with E-state index in [4.69, 9.17) is 15.0 Å². The molecule has 0 saturated heterocycles. The molecule has 0 aliphatic rings. The maximum Gasteiger partial charge on any atom is 0.164 e. The van der Waals surface area contributed by atoms with E-state index in [1.807, 2.05) is 18.3 Å². The van der Waals surface area contributed by atoms with E-state index in [-0.39, 0.29) is 0 Å². The van der Waals surface area contributed by atoms with Gasteiger partial charge in [0, 0.05) is 43.7 Å². The summed E-state index contributed by atoms with van der Waals surface area (Å²) in [6.45, 7) is 0. The third-order valence-corrected chi connectivity index (χ3v) is 9.57. The first-order valence-corrected chi connectivity index (χ1v) is 15.7. The minimum atomic E-state index is 0.645. The minimum absolute atomic E-state index is 0.645. The van der Waals surface area contributed by atoms with Crippen LogP contribution in [0, 0.1) is 0 Å². The predicted octanol–water partition coefficient (Wildman–Crippen LogP) is 10.6. The van der Waals surface area contributed by atoms with E-state index < -0.39 is 0 Å². The smallest absolute Gasteiger partial charge is 0.164 e. The van der Waals surface area contributed by atoms with Crippen LogP contribution >= 0.6 is 11.3 Å². The van der Waals surface area contributed by atoms with Crippen LogP contribution in [0.2, 0.25) is 0 Å². The summed E-state index contributed by atoms with van der Waals surface area (Å²) in [5, 5.41) is 7.02. The highest BCUT2D eigenvalue weighted by molar-refractivity contribution is 7.26. The molecule has 0 bridgehead atoms. The first kappa shape index (κ1) is 25.7. The number of benzene rings is 6. The fraction of sp³-hybridized carbons (Fsp3) is 0. The molecule has 0 radical (unpaired) electrons. The average Bonchev–Trinajstić information content (AvgIpc) is 3.51. The minimum Gasteiger partial charge on any atom is -0.245 e. The predicted molar refractivity (Wildman–Crippen MR) is 187 cm³/mol. The van der Waals surface area contributed by atoms with Crippen molar-refractivity contribution in [2.75, 3.05) is 0 Å². The number of hydrogen-bond donors (Lipinski definition) is 0. The summed E-state index contributed by atoms with van der Waals surface area (Å²) >= 11 is 1.73. The molecule has 0 atom stereocenters. The van der Waals surface area contributed by atoms with Crippen molar-refractivity contribution in [3.8, 4) is 45.3 Å². The van der Waals surface area contributed by atoms with E-state index in [1.165, 1.54) is 31.8 Å². The maximum atomic E-state index is 5.11. The summed E-state index contributed by atoms with van der Waals surface area (Å²) in [7, 11) is 0. The van der Waals surface area contributed by atoms with Gasteiger partial charge in [-0.15, -0.1) is 11.3 Å². The molecule has 210 valence electrons. The highest BCUT2D eigenvalue weighted by Crippen LogP contribution is 2.40. The Balaban J connectivity index is 1.25. The molecule has 45 heavy (non-hydrogen) atoms. The van der Waals surface area contributed by atoms with E-state index in [9.17, 15) is 0 Å². The molecular weight excluding hydrogens is 569 g/mol. The van der Waals surface area contributed by atoms with E-state index in [2.05, 4.69) is 132 Å². The highest BCUT2D eigenvalue weighted by atomic mass is 32.1. The molecule has 4 nitrogen and oxygen atoms in total. The van der Waals surface area contributed by atoms with Crippen LogP contribution in [-0.4, -0.2) is 19.9 Å². The van der Waals surface area contributed by atoms with Gasteiger partial charge >= 0.3 is 0 Å². The molecule has 3 heterocycles. The third kappa shape index (κ3) is 4.44. The summed E-state index contributed by atoms with van der Waals surface area (Å²) in [6.07, 6.45) is 1.86. The number of aromatic nitrogens is 4. The number of fused-ring (bicyclic) bond motifs is 6. The summed E-state index contributed by atoms with van der Waals surface area (Å²) in [5.41, 5.74) is 5.21. The lowest BCUT2D eigenvalue weighted by Gasteiger charge is -2.11. The lowest BCUT2D eigenvalue weighted by atomic mass is 10.0. The summed E-state index contributed by atoms with van der Waals surface area (Å²) in [6, 6.07) is 48.6. The van der Waals surface area contributed by atoms with Crippen LogP contribution in [0.15, 0.2) is 146 Å². The molecule has 0 N–H and O–H groups in total. The van der Waals surface area contributed by atoms with Crippen LogP contribution in [0.3, 0.4) is 0 Å². The topological polar surface area (TPSA) is 51.6 Å². The fourth-order valence-corrected chi connectivity index (χ4v) is 7.32. The summed E-state index contributed by atoms with van der Waals surface area (Å²) < 4.78 is 1.23. The SMILES string of the molecule is c1ccc(-c2ccc(-c3nc(-c4ccc5ccccc5c4)nc(-c4cccc5c4ccc4c6cccnc6sc54)n3)cc2)cc1. The van der Waals surface area contributed by atoms with E-state index in [1.54, 1.807) is 11.3 Å². The second-order valence-electron chi connectivity index (χ2n) is 11.1. The lowest BCUT2D eigenvalue weighted by molar-refractivity contribution is 1.08. The number of thiophene rings is 1. The van der Waals surface area contributed by atoms with Gasteiger partial charge in [0.1, 0.15) is 4.83 Å². The molecule has 0 unspecified atom stereocenters. The Labute approximate surface area is 263 Å². The molecule has 3 aromatic heterocycles. The second-order valence-corrected chi connectivity index (χ2v) is 12.1. The van der Waals surface area contributed by atoms with E-state index in [0.717, 1.165) is 37.9 Å². The van der Waals surface area contributed by atoms with Crippen LogP contribution in [-0.2, 0) is 0 Å². The molecule has 0 aliphatic carbocycles. The quantitative estimate of drug-likeness (QED) is 0.204. The van der Waals surface area contributed by atoms with Gasteiger partial charge in [-0.1, -0.05) is 121 Å². The van der Waals surface area contributed by atoms with Crippen molar-refractivity contribution in [1.29, 1.82) is 0 Å². The van der Waals surface area contributed by atoms with Gasteiger partial charge in [-0.3, -0.25) is 0 Å². The number of nitrogens with zero attached hydrogens (tertiary/aromatic N) is 4. The summed E-state index contributed by atoms with van der Waals surface area (Å²) in [5.74, 6) is 1.95. The van der Waals surface area contributed by atoms with Crippen LogP contribution in [0.5, 0.6) is 0 Å². The van der Waals surface area contributed by atoms with Gasteiger partial charge in [0.05, 0.1) is 0 Å². The molecule has 9 rings (SSSR count). The van der Waals surface area contributed by atoms with Crippen molar-refractivity contribution in [3.63, 3.8) is 0 Å². The van der Waals surface area contributed by atoms with Crippen LogP contribution in [0.25, 0.3) is 87.1 Å². The van der Waals surface area contributed by atoms with Gasteiger partial charge in [0.15, 0.2) is 17.5 Å². The number of pyridine rings is 1. The molecule has 0 aliphatic heterocycles. The second kappa shape index (κ2) is 10.4. The normalized spacial score (nSPS) is 11.6. The van der Waals surface area contributed by atoms with Crippen molar-refractivity contribution in [2.24, 2.45) is 0 Å². The maximum absolute atomic E-state index is 5.11. The first-order valence-electron chi connectivity index (χ1n) is 14.9. The Morgan fingerprint density at radius 2 is 1.04 bits per heavy atom. The van der Waals surface area contributed by atoms with Crippen molar-refractivity contribution < 1.29 is 0 Å². The van der Waals surface area contributed by atoms with Gasteiger partial charge in [-0.25, -0.2) is 19.9 Å². The number of rotatable bonds is 4. The zero-order valence-corrected chi connectivity index (χ0v) is 24.9. The van der Waals surface area contributed by atoms with Gasteiger partial charge in [0.25, 0.3) is 0 Å². The highest BCUT2D eigenvalue weighted by Gasteiger charge is 2.17. The van der Waals surface area contributed by atoms with Crippen LogP contribution < -0.4 is 0 Å². The molecule has 0 fully saturated rings. The van der Waals surface area contributed by atoms with Gasteiger partial charge < -0.3 is 0 Å². The van der Waals surface area contributed by atoms with Crippen LogP contribution in [0.1, 0.15) is 0 Å². The Hall–Kier alpha value is -5.78. The average molecular weight is 593 g/mol. The molecule has 0 spiro atoms. The first-order chi connectivity index (χ1) is 22.3. The standard InChI is InChI=1S/C40H24N4S/c1-2-8-25(9-3-1)27-15-18-28(19-16-27)37-42-38(30-20-17-26-10-4-5-11-29(26)24-30)44-39(43-37)34-13-6-12-32-31(34)21-22-33-35-14-7-23-41-40(35)45-36(32)33/h1-24H. The number of hydrogen-bond acceptors (Lipinski definition) is 5. The van der Waals surface area contributed by atoms with Crippen LogP contribution in [0.4, 0.5) is 0 Å². The molecule has 9 aromatic rings. The molecular formula is C40H24N4S. The lowest BCUT2D eigenvalue weighted by Crippen LogP contribution is -2.00. The van der Waals surface area contributed by atoms with Crippen molar-refractivity contribution >= 4 is 53.2 Å². The van der Waals surface area contributed by atoms with Crippen molar-refractivity contribution in [2.45, 2.75) is 0 Å². The monoisotopic (exact) mass is 592 g/mol. The zero-order chi connectivity index (χ0) is 29.7. The Morgan fingerprint density at radius 1 is 0.400 bits per heavy atom.